The first-order valence-corrected chi connectivity index (χ1v) is 26.1. The molecule has 21 nitrogen and oxygen atoms in total. The number of benzene rings is 3. The number of nitrogens with zero attached hydrogens (tertiary/aromatic N) is 5. The molecule has 1 atom stereocenters. The number of urea groups is 1. The van der Waals surface area contributed by atoms with Crippen molar-refractivity contribution >= 4 is 47.1 Å². The molecule has 8 rings (SSSR count). The molecule has 4 heterocycles. The molecule has 5 aromatic rings. The highest BCUT2D eigenvalue weighted by molar-refractivity contribution is 6.24. The Morgan fingerprint density at radius 1 is 0.718 bits per heavy atom. The summed E-state index contributed by atoms with van der Waals surface area (Å²) in [5.41, 5.74) is 4.25. The van der Waals surface area contributed by atoms with E-state index in [-0.39, 0.29) is 47.8 Å². The van der Waals surface area contributed by atoms with Crippen molar-refractivity contribution in [2.75, 3.05) is 82.8 Å². The van der Waals surface area contributed by atoms with Gasteiger partial charge in [-0.2, -0.15) is 5.26 Å². The Balaban J connectivity index is 0.656. The zero-order valence-corrected chi connectivity index (χ0v) is 43.2. The van der Waals surface area contributed by atoms with Gasteiger partial charge in [-0.05, 0) is 97.7 Å². The monoisotopic (exact) mass is 1070 g/mol. The zero-order valence-electron chi connectivity index (χ0n) is 43.2. The molecule has 78 heavy (non-hydrogen) atoms. The quantitative estimate of drug-likeness (QED) is 0.0352. The largest absolute Gasteiger partial charge is 0.483 e. The van der Waals surface area contributed by atoms with Crippen LogP contribution in [0.3, 0.4) is 0 Å². The molecule has 2 aliphatic heterocycles. The number of nitrogens with one attached hydrogen (secondary N) is 4. The summed E-state index contributed by atoms with van der Waals surface area (Å²) in [6, 6.07) is 30.7. The molecule has 1 aliphatic carbocycles. The molecule has 7 amide bonds. The predicted octanol–water partition coefficient (Wildman–Crippen LogP) is 5.59. The van der Waals surface area contributed by atoms with Crippen molar-refractivity contribution in [3.8, 4) is 28.8 Å². The Hall–Kier alpha value is -8.29. The average Bonchev–Trinajstić information content (AvgIpc) is 3.77. The lowest BCUT2D eigenvalue weighted by molar-refractivity contribution is -0.136. The molecular formula is C57H63N9O12. The van der Waals surface area contributed by atoms with Gasteiger partial charge in [0.15, 0.2) is 6.61 Å². The van der Waals surface area contributed by atoms with Gasteiger partial charge in [-0.1, -0.05) is 48.5 Å². The van der Waals surface area contributed by atoms with Gasteiger partial charge in [-0.3, -0.25) is 39.1 Å². The van der Waals surface area contributed by atoms with Gasteiger partial charge in [0.05, 0.1) is 62.9 Å². The first-order valence-electron chi connectivity index (χ1n) is 26.1. The molecular weight excluding hydrogens is 1000 g/mol. The van der Waals surface area contributed by atoms with Crippen LogP contribution < -0.4 is 35.6 Å². The van der Waals surface area contributed by atoms with Crippen LogP contribution in [0.2, 0.25) is 0 Å². The summed E-state index contributed by atoms with van der Waals surface area (Å²) in [5, 5.41) is 20.6. The maximum absolute atomic E-state index is 13.9. The third-order valence-electron chi connectivity index (χ3n) is 13.2. The topological polar surface area (TPSA) is 262 Å². The van der Waals surface area contributed by atoms with E-state index in [2.05, 4.69) is 37.3 Å². The fraction of sp³-hybridized carbons (Fsp3) is 0.386. The van der Waals surface area contributed by atoms with Gasteiger partial charge in [-0.15, -0.1) is 0 Å². The Bertz CT molecular complexity index is 2880. The van der Waals surface area contributed by atoms with Gasteiger partial charge in [0, 0.05) is 62.3 Å². The molecule has 1 saturated carbocycles. The van der Waals surface area contributed by atoms with E-state index >= 15 is 0 Å². The number of nitriles is 1. The highest BCUT2D eigenvalue weighted by Crippen LogP contribution is 2.34. The second kappa shape index (κ2) is 28.7. The summed E-state index contributed by atoms with van der Waals surface area (Å²) in [6.45, 7) is 3.64. The van der Waals surface area contributed by atoms with E-state index in [1.165, 1.54) is 18.2 Å². The third kappa shape index (κ3) is 15.7. The average molecular weight is 1070 g/mol. The van der Waals surface area contributed by atoms with Crippen molar-refractivity contribution in [1.82, 2.24) is 30.8 Å². The van der Waals surface area contributed by atoms with Gasteiger partial charge in [-0.25, -0.2) is 14.8 Å². The molecule has 2 fully saturated rings. The third-order valence-corrected chi connectivity index (χ3v) is 13.2. The van der Waals surface area contributed by atoms with E-state index in [0.717, 1.165) is 58.8 Å². The fourth-order valence-electron chi connectivity index (χ4n) is 9.24. The van der Waals surface area contributed by atoms with Crippen LogP contribution in [0.5, 0.6) is 11.6 Å². The number of piperidine rings is 1. The standard InChI is InChI=1S/C57H63N9O12/c58-35-40-10-20-49(61-37-40)63-43-13-17-45(18-14-43)65(57(72)62-36-39-6-2-1-3-7-39)44-15-11-41(12-16-44)42-22-24-60-52(34-42)77-33-32-76-31-30-75-29-28-74-27-26-73-25-5-23-59-51(68)38-78-48-9-4-8-46-53(48)56(71)66(55(46)70)47-19-21-50(67)64-54(47)69/h1-4,6-12,15-16,20,22,24,34,37,43,45,47H,5,13-14,17-19,21,23,25-33,36,38H2,(H,59,68)(H,61,63)(H,62,72)(H,64,67,69). The summed E-state index contributed by atoms with van der Waals surface area (Å²) in [6.07, 6.45) is 7.16. The van der Waals surface area contributed by atoms with Crippen LogP contribution in [-0.2, 0) is 39.9 Å². The maximum Gasteiger partial charge on any atom is 0.322 e. The van der Waals surface area contributed by atoms with Crippen molar-refractivity contribution in [2.24, 2.45) is 0 Å². The first-order chi connectivity index (χ1) is 38.1. The Labute approximate surface area is 451 Å². The van der Waals surface area contributed by atoms with Gasteiger partial charge < -0.3 is 44.4 Å². The van der Waals surface area contributed by atoms with E-state index < -0.39 is 42.2 Å². The zero-order chi connectivity index (χ0) is 54.5. The molecule has 408 valence electrons. The van der Waals surface area contributed by atoms with Gasteiger partial charge in [0.1, 0.15) is 30.3 Å². The Kier molecular flexibility index (Phi) is 20.6. The molecule has 1 saturated heterocycles. The number of rotatable bonds is 28. The number of carbonyl (C=O) groups is 6. The van der Waals surface area contributed by atoms with Crippen LogP contribution in [0.1, 0.15) is 76.8 Å². The van der Waals surface area contributed by atoms with Crippen LogP contribution in [0.4, 0.5) is 16.3 Å². The minimum Gasteiger partial charge on any atom is -0.483 e. The van der Waals surface area contributed by atoms with Gasteiger partial charge >= 0.3 is 6.03 Å². The predicted molar refractivity (Wildman–Crippen MR) is 284 cm³/mol. The van der Waals surface area contributed by atoms with Crippen LogP contribution in [0.25, 0.3) is 11.1 Å². The number of hydrogen-bond donors (Lipinski definition) is 4. The lowest BCUT2D eigenvalue weighted by Gasteiger charge is -2.37. The molecule has 3 aliphatic rings. The van der Waals surface area contributed by atoms with Crippen molar-refractivity contribution in [1.29, 1.82) is 5.26 Å². The molecule has 3 aromatic carbocycles. The minimum atomic E-state index is -1.11. The molecule has 0 spiro atoms. The number of aromatic nitrogens is 2. The smallest absolute Gasteiger partial charge is 0.322 e. The molecule has 2 aromatic heterocycles. The van der Waals surface area contributed by atoms with E-state index in [9.17, 15) is 28.8 Å². The van der Waals surface area contributed by atoms with Gasteiger partial charge in [0.2, 0.25) is 17.7 Å². The van der Waals surface area contributed by atoms with Crippen LogP contribution in [0, 0.1) is 11.3 Å². The number of amides is 7. The van der Waals surface area contributed by atoms with Crippen LogP contribution >= 0.6 is 0 Å². The number of fused-ring (bicyclic) bond motifs is 1. The van der Waals surface area contributed by atoms with Crippen molar-refractivity contribution in [3.63, 3.8) is 0 Å². The maximum atomic E-state index is 13.9. The van der Waals surface area contributed by atoms with Crippen molar-refractivity contribution in [3.05, 3.63) is 132 Å². The normalized spacial score (nSPS) is 16.9. The fourth-order valence-corrected chi connectivity index (χ4v) is 9.24. The molecule has 4 N–H and O–H groups in total. The summed E-state index contributed by atoms with van der Waals surface area (Å²) >= 11 is 0. The van der Waals surface area contributed by atoms with Crippen LogP contribution in [0.15, 0.2) is 109 Å². The molecule has 1 unspecified atom stereocenters. The van der Waals surface area contributed by atoms with E-state index in [0.29, 0.717) is 90.4 Å². The second-order valence-corrected chi connectivity index (χ2v) is 18.6. The molecule has 0 radical (unpaired) electrons. The van der Waals surface area contributed by atoms with E-state index in [1.807, 2.05) is 77.7 Å². The van der Waals surface area contributed by atoms with Crippen molar-refractivity contribution in [2.45, 2.75) is 69.6 Å². The lowest BCUT2D eigenvalue weighted by atomic mass is 9.89. The minimum absolute atomic E-state index is 0.00520. The highest BCUT2D eigenvalue weighted by Gasteiger charge is 2.46. The number of anilines is 2. The first kappa shape index (κ1) is 55.9. The van der Waals surface area contributed by atoms with Gasteiger partial charge in [0.25, 0.3) is 17.7 Å². The number of hydrogen-bond acceptors (Lipinski definition) is 16. The summed E-state index contributed by atoms with van der Waals surface area (Å²) in [7, 11) is 0. The SMILES string of the molecule is N#Cc1ccc(NC2CCC(N(C(=O)NCc3ccccc3)c3ccc(-c4ccnc(OCCOCCOCCOCCOCCCNC(=O)COc5cccc6c5C(=O)N(C5CCC(=O)NC5=O)C6=O)c4)cc3)CC2)nc1. The van der Waals surface area contributed by atoms with Crippen LogP contribution in [-0.4, -0.2) is 141 Å². The van der Waals surface area contributed by atoms with Crippen molar-refractivity contribution < 1.29 is 57.2 Å². The highest BCUT2D eigenvalue weighted by atomic mass is 16.6. The summed E-state index contributed by atoms with van der Waals surface area (Å²) in [5.74, 6) is -1.74. The number of imide groups is 2. The number of ether oxygens (including phenoxy) is 6. The summed E-state index contributed by atoms with van der Waals surface area (Å²) in [4.78, 5) is 88.1. The Morgan fingerprint density at radius 3 is 2.13 bits per heavy atom. The molecule has 21 heteroatoms. The Morgan fingerprint density at radius 2 is 1.44 bits per heavy atom. The number of carbonyl (C=O) groups excluding carboxylic acids is 6. The summed E-state index contributed by atoms with van der Waals surface area (Å²) < 4.78 is 33.9. The van der Waals surface area contributed by atoms with E-state index in [4.69, 9.17) is 33.7 Å². The van der Waals surface area contributed by atoms with E-state index in [1.54, 1.807) is 18.5 Å². The number of pyridine rings is 2. The lowest BCUT2D eigenvalue weighted by Crippen LogP contribution is -2.54. The molecule has 0 bridgehead atoms. The second-order valence-electron chi connectivity index (χ2n) is 18.6.